The van der Waals surface area contributed by atoms with Gasteiger partial charge in [0.05, 0.1) is 12.3 Å². The maximum Gasteiger partial charge on any atom is 0.387 e. The Hall–Kier alpha value is -3.16. The molecule has 2 aromatic carbocycles. The molecular formula is C20H21F2NO5. The molecule has 0 aliphatic heterocycles. The number of anilines is 1. The van der Waals surface area contributed by atoms with Crippen LogP contribution in [0, 0.1) is 0 Å². The lowest BCUT2D eigenvalue weighted by Crippen LogP contribution is -2.30. The van der Waals surface area contributed by atoms with Gasteiger partial charge < -0.3 is 19.5 Å². The molecule has 0 heterocycles. The van der Waals surface area contributed by atoms with Crippen molar-refractivity contribution in [1.82, 2.24) is 0 Å². The van der Waals surface area contributed by atoms with Crippen LogP contribution in [0.3, 0.4) is 0 Å². The molecule has 2 aromatic rings. The first-order valence-electron chi connectivity index (χ1n) is 8.67. The molecule has 6 nitrogen and oxygen atoms in total. The summed E-state index contributed by atoms with van der Waals surface area (Å²) in [6.07, 6.45) is -0.593. The quantitative estimate of drug-likeness (QED) is 0.488. The van der Waals surface area contributed by atoms with E-state index in [1.54, 1.807) is 18.2 Å². The van der Waals surface area contributed by atoms with E-state index in [4.69, 9.17) is 9.47 Å². The molecule has 1 N–H and O–H groups in total. The highest BCUT2D eigenvalue weighted by atomic mass is 19.3. The van der Waals surface area contributed by atoms with E-state index in [0.29, 0.717) is 18.8 Å². The van der Waals surface area contributed by atoms with Crippen molar-refractivity contribution in [3.63, 3.8) is 0 Å². The van der Waals surface area contributed by atoms with Gasteiger partial charge >= 0.3 is 12.6 Å². The van der Waals surface area contributed by atoms with Gasteiger partial charge in [-0.25, -0.2) is 0 Å². The van der Waals surface area contributed by atoms with Crippen LogP contribution >= 0.6 is 0 Å². The number of rotatable bonds is 10. The predicted octanol–water partition coefficient (Wildman–Crippen LogP) is 4.02. The fourth-order valence-electron chi connectivity index (χ4n) is 2.24. The number of para-hydroxylation sites is 3. The van der Waals surface area contributed by atoms with Crippen molar-refractivity contribution in [3.05, 3.63) is 54.6 Å². The van der Waals surface area contributed by atoms with Gasteiger partial charge in [-0.3, -0.25) is 9.59 Å². The van der Waals surface area contributed by atoms with Crippen molar-refractivity contribution in [2.75, 3.05) is 11.9 Å². The Kier molecular flexibility index (Phi) is 8.20. The van der Waals surface area contributed by atoms with Crippen LogP contribution in [0.4, 0.5) is 14.5 Å². The highest BCUT2D eigenvalue weighted by Gasteiger charge is 2.19. The van der Waals surface area contributed by atoms with Crippen LogP contribution < -0.4 is 14.8 Å². The molecule has 8 heteroatoms. The van der Waals surface area contributed by atoms with Crippen LogP contribution in [0.15, 0.2) is 54.6 Å². The number of hydrogen-bond acceptors (Lipinski definition) is 5. The Morgan fingerprint density at radius 3 is 2.43 bits per heavy atom. The van der Waals surface area contributed by atoms with E-state index in [1.165, 1.54) is 25.1 Å². The molecule has 0 aliphatic carbocycles. The first kappa shape index (κ1) is 21.1. The van der Waals surface area contributed by atoms with Crippen LogP contribution in [0.25, 0.3) is 0 Å². The molecule has 0 saturated carbocycles. The Balaban J connectivity index is 1.75. The second kappa shape index (κ2) is 10.9. The number of benzene rings is 2. The van der Waals surface area contributed by atoms with Gasteiger partial charge in [0, 0.05) is 6.42 Å². The van der Waals surface area contributed by atoms with Gasteiger partial charge in [0.1, 0.15) is 11.5 Å². The number of hydrogen-bond donors (Lipinski definition) is 1. The van der Waals surface area contributed by atoms with Gasteiger partial charge in [0.15, 0.2) is 6.10 Å². The minimum Gasteiger partial charge on any atom is -0.494 e. The highest BCUT2D eigenvalue weighted by molar-refractivity contribution is 5.96. The average Bonchev–Trinajstić information content (AvgIpc) is 2.67. The van der Waals surface area contributed by atoms with Crippen molar-refractivity contribution in [1.29, 1.82) is 0 Å². The van der Waals surface area contributed by atoms with Gasteiger partial charge in [-0.15, -0.1) is 0 Å². The van der Waals surface area contributed by atoms with E-state index in [0.717, 1.165) is 0 Å². The molecule has 0 radical (unpaired) electrons. The fourth-order valence-corrected chi connectivity index (χ4v) is 2.24. The molecule has 1 amide bonds. The molecule has 0 unspecified atom stereocenters. The largest absolute Gasteiger partial charge is 0.494 e. The van der Waals surface area contributed by atoms with E-state index < -0.39 is 24.6 Å². The van der Waals surface area contributed by atoms with E-state index in [-0.39, 0.29) is 17.9 Å². The van der Waals surface area contributed by atoms with Crippen molar-refractivity contribution in [2.45, 2.75) is 32.5 Å². The van der Waals surface area contributed by atoms with E-state index in [9.17, 15) is 18.4 Å². The Bertz CT molecular complexity index is 770. The van der Waals surface area contributed by atoms with E-state index in [1.807, 2.05) is 18.2 Å². The van der Waals surface area contributed by atoms with Crippen molar-refractivity contribution >= 4 is 17.6 Å². The molecule has 1 atom stereocenters. The zero-order valence-electron chi connectivity index (χ0n) is 15.3. The van der Waals surface area contributed by atoms with Crippen molar-refractivity contribution in [3.8, 4) is 11.5 Å². The maximum atomic E-state index is 12.4. The van der Waals surface area contributed by atoms with Crippen molar-refractivity contribution in [2.24, 2.45) is 0 Å². The first-order valence-corrected chi connectivity index (χ1v) is 8.67. The SMILES string of the molecule is C[C@H](OC(=O)CCCOc1ccccc1)C(=O)Nc1ccccc1OC(F)F. The van der Waals surface area contributed by atoms with E-state index >= 15 is 0 Å². The molecule has 0 saturated heterocycles. The molecule has 0 aromatic heterocycles. The summed E-state index contributed by atoms with van der Waals surface area (Å²) in [5, 5.41) is 2.41. The smallest absolute Gasteiger partial charge is 0.387 e. The lowest BCUT2D eigenvalue weighted by atomic mass is 10.2. The third kappa shape index (κ3) is 7.22. The van der Waals surface area contributed by atoms with Crippen molar-refractivity contribution < 1.29 is 32.6 Å². The number of amides is 1. The minimum atomic E-state index is -3.02. The number of nitrogens with one attached hydrogen (secondary N) is 1. The zero-order chi connectivity index (χ0) is 20.4. The number of esters is 1. The predicted molar refractivity (Wildman–Crippen MR) is 98.4 cm³/mol. The summed E-state index contributed by atoms with van der Waals surface area (Å²) in [5.41, 5.74) is 0.0620. The second-order valence-corrected chi connectivity index (χ2v) is 5.76. The summed E-state index contributed by atoms with van der Waals surface area (Å²) in [7, 11) is 0. The maximum absolute atomic E-state index is 12.4. The topological polar surface area (TPSA) is 73.9 Å². The molecule has 28 heavy (non-hydrogen) atoms. The summed E-state index contributed by atoms with van der Waals surface area (Å²) in [6.45, 7) is -1.30. The first-order chi connectivity index (χ1) is 13.5. The molecule has 0 bridgehead atoms. The van der Waals surface area contributed by atoms with Crippen LogP contribution in [-0.4, -0.2) is 31.2 Å². The molecule has 150 valence electrons. The standard InChI is InChI=1S/C20H21F2NO5/c1-14(19(25)23-16-10-5-6-11-17(16)28-20(21)22)27-18(24)12-7-13-26-15-8-3-2-4-9-15/h2-6,8-11,14,20H,7,12-13H2,1H3,(H,23,25)/t14-/m0/s1. The summed E-state index contributed by atoms with van der Waals surface area (Å²) < 4.78 is 39.7. The lowest BCUT2D eigenvalue weighted by Gasteiger charge is -2.15. The third-order valence-electron chi connectivity index (χ3n) is 3.58. The lowest BCUT2D eigenvalue weighted by molar-refractivity contribution is -0.153. The van der Waals surface area contributed by atoms with Gasteiger partial charge in [0.25, 0.3) is 5.91 Å². The summed E-state index contributed by atoms with van der Waals surface area (Å²) in [6, 6.07) is 14.9. The van der Waals surface area contributed by atoms with Crippen LogP contribution in [0.1, 0.15) is 19.8 Å². The summed E-state index contributed by atoms with van der Waals surface area (Å²) in [5.74, 6) is -0.689. The summed E-state index contributed by atoms with van der Waals surface area (Å²) in [4.78, 5) is 24.0. The second-order valence-electron chi connectivity index (χ2n) is 5.76. The monoisotopic (exact) mass is 393 g/mol. The Morgan fingerprint density at radius 1 is 1.04 bits per heavy atom. The number of carbonyl (C=O) groups excluding carboxylic acids is 2. The number of ether oxygens (including phenoxy) is 3. The van der Waals surface area contributed by atoms with Gasteiger partial charge in [-0.05, 0) is 37.6 Å². The van der Waals surface area contributed by atoms with Gasteiger partial charge in [-0.2, -0.15) is 8.78 Å². The Morgan fingerprint density at radius 2 is 1.71 bits per heavy atom. The van der Waals surface area contributed by atoms with E-state index in [2.05, 4.69) is 10.1 Å². The number of halogens is 2. The molecule has 2 rings (SSSR count). The van der Waals surface area contributed by atoms with Crippen LogP contribution in [0.5, 0.6) is 11.5 Å². The number of carbonyl (C=O) groups is 2. The molecule has 0 spiro atoms. The Labute approximate surface area is 161 Å². The molecule has 0 fully saturated rings. The summed E-state index contributed by atoms with van der Waals surface area (Å²) >= 11 is 0. The third-order valence-corrected chi connectivity index (χ3v) is 3.58. The van der Waals surface area contributed by atoms with Gasteiger partial charge in [0.2, 0.25) is 0 Å². The number of alkyl halides is 2. The fraction of sp³-hybridized carbons (Fsp3) is 0.300. The molecule has 0 aliphatic rings. The van der Waals surface area contributed by atoms with Crippen LogP contribution in [-0.2, 0) is 14.3 Å². The molecular weight excluding hydrogens is 372 g/mol. The highest BCUT2D eigenvalue weighted by Crippen LogP contribution is 2.25. The van der Waals surface area contributed by atoms with Gasteiger partial charge in [-0.1, -0.05) is 30.3 Å². The van der Waals surface area contributed by atoms with Crippen LogP contribution in [0.2, 0.25) is 0 Å². The normalized spacial score (nSPS) is 11.6. The minimum absolute atomic E-state index is 0.0620. The average molecular weight is 393 g/mol. The zero-order valence-corrected chi connectivity index (χ0v) is 15.3.